The van der Waals surface area contributed by atoms with Gasteiger partial charge >= 0.3 is 11.9 Å². The van der Waals surface area contributed by atoms with Crippen molar-refractivity contribution in [1.82, 2.24) is 0 Å². The highest BCUT2D eigenvalue weighted by atomic mass is 16.4. The minimum atomic E-state index is -1.53. The number of carboxylic acids is 2. The molecular formula is C22H16N4O6. The van der Waals surface area contributed by atoms with Crippen molar-refractivity contribution in [3.63, 3.8) is 0 Å². The van der Waals surface area contributed by atoms with E-state index in [0.29, 0.717) is 17.1 Å². The fourth-order valence-corrected chi connectivity index (χ4v) is 2.77. The second-order valence-corrected chi connectivity index (χ2v) is 6.45. The normalized spacial score (nSPS) is 10.6. The predicted molar refractivity (Wildman–Crippen MR) is 114 cm³/mol. The molecule has 0 spiro atoms. The lowest BCUT2D eigenvalue weighted by Gasteiger charge is -2.11. The summed E-state index contributed by atoms with van der Waals surface area (Å²) in [6.07, 6.45) is 0. The molecule has 10 nitrogen and oxygen atoms in total. The molecule has 0 aliphatic carbocycles. The number of amides is 2. The third kappa shape index (κ3) is 5.00. The highest BCUT2D eigenvalue weighted by molar-refractivity contribution is 6.14. The second kappa shape index (κ2) is 9.30. The van der Waals surface area contributed by atoms with Crippen LogP contribution >= 0.6 is 0 Å². The second-order valence-electron chi connectivity index (χ2n) is 6.45. The molecule has 5 N–H and O–H groups in total. The number of carbonyl (C=O) groups excluding carboxylic acids is 2. The number of nitrogens with zero attached hydrogens (tertiary/aromatic N) is 2. The minimum absolute atomic E-state index is 0.306. The van der Waals surface area contributed by atoms with E-state index in [4.69, 9.17) is 5.73 Å². The van der Waals surface area contributed by atoms with Gasteiger partial charge in [-0.25, -0.2) is 9.59 Å². The Balaban J connectivity index is 1.85. The Morgan fingerprint density at radius 2 is 1.19 bits per heavy atom. The smallest absolute Gasteiger partial charge is 0.336 e. The topological polar surface area (TPSA) is 172 Å². The van der Waals surface area contributed by atoms with E-state index in [0.717, 1.165) is 12.1 Å². The third-order valence-electron chi connectivity index (χ3n) is 4.29. The molecule has 0 atom stereocenters. The van der Waals surface area contributed by atoms with Crippen LogP contribution in [0.2, 0.25) is 0 Å². The monoisotopic (exact) mass is 432 g/mol. The number of benzene rings is 3. The fraction of sp³-hybridized carbons (Fsp3) is 0. The summed E-state index contributed by atoms with van der Waals surface area (Å²) in [6.45, 7) is 0. The molecule has 0 aliphatic rings. The molecule has 3 aromatic rings. The van der Waals surface area contributed by atoms with Crippen molar-refractivity contribution < 1.29 is 29.4 Å². The van der Waals surface area contributed by atoms with Crippen molar-refractivity contribution in [2.24, 2.45) is 16.0 Å². The number of hydrogen-bond donors (Lipinski definition) is 4. The average Bonchev–Trinajstić information content (AvgIpc) is 2.78. The van der Waals surface area contributed by atoms with Crippen LogP contribution < -0.4 is 11.1 Å². The molecule has 160 valence electrons. The van der Waals surface area contributed by atoms with Crippen molar-refractivity contribution in [3.05, 3.63) is 89.0 Å². The van der Waals surface area contributed by atoms with Crippen molar-refractivity contribution in [1.29, 1.82) is 0 Å². The Kier molecular flexibility index (Phi) is 6.35. The Morgan fingerprint density at radius 3 is 1.72 bits per heavy atom. The fourth-order valence-electron chi connectivity index (χ4n) is 2.77. The summed E-state index contributed by atoms with van der Waals surface area (Å²) in [5.74, 6) is -5.05. The predicted octanol–water partition coefficient (Wildman–Crippen LogP) is 3.85. The first-order chi connectivity index (χ1) is 15.3. The van der Waals surface area contributed by atoms with Gasteiger partial charge in [-0.1, -0.05) is 18.2 Å². The molecule has 0 unspecified atom stereocenters. The molecule has 0 fully saturated rings. The highest BCUT2D eigenvalue weighted by Gasteiger charge is 2.24. The summed E-state index contributed by atoms with van der Waals surface area (Å²) in [7, 11) is 0. The first-order valence-corrected chi connectivity index (χ1v) is 9.09. The summed E-state index contributed by atoms with van der Waals surface area (Å²) in [6, 6.07) is 16.9. The van der Waals surface area contributed by atoms with Gasteiger partial charge in [-0.05, 0) is 48.5 Å². The molecule has 3 rings (SSSR count). The molecule has 0 saturated carbocycles. The largest absolute Gasteiger partial charge is 0.478 e. The van der Waals surface area contributed by atoms with Crippen LogP contribution in [-0.4, -0.2) is 34.0 Å². The van der Waals surface area contributed by atoms with Gasteiger partial charge in [-0.3, -0.25) is 9.59 Å². The molecule has 0 heterocycles. The maximum Gasteiger partial charge on any atom is 0.336 e. The maximum atomic E-state index is 12.7. The molecule has 0 radical (unpaired) electrons. The highest BCUT2D eigenvalue weighted by Crippen LogP contribution is 2.22. The van der Waals surface area contributed by atoms with E-state index in [9.17, 15) is 29.4 Å². The van der Waals surface area contributed by atoms with Gasteiger partial charge in [0.25, 0.3) is 5.91 Å². The quantitative estimate of drug-likeness (QED) is 0.413. The van der Waals surface area contributed by atoms with Crippen LogP contribution in [-0.2, 0) is 0 Å². The summed E-state index contributed by atoms with van der Waals surface area (Å²) in [5, 5.41) is 29.3. The van der Waals surface area contributed by atoms with Crippen molar-refractivity contribution in [2.45, 2.75) is 0 Å². The van der Waals surface area contributed by atoms with Gasteiger partial charge in [-0.15, -0.1) is 0 Å². The number of carbonyl (C=O) groups is 4. The summed E-state index contributed by atoms with van der Waals surface area (Å²) >= 11 is 0. The zero-order valence-corrected chi connectivity index (χ0v) is 16.4. The van der Waals surface area contributed by atoms with E-state index in [1.807, 2.05) is 18.2 Å². The van der Waals surface area contributed by atoms with Gasteiger partial charge in [0.1, 0.15) is 0 Å². The first-order valence-electron chi connectivity index (χ1n) is 9.09. The number of aromatic carboxylic acids is 2. The van der Waals surface area contributed by atoms with Crippen molar-refractivity contribution in [2.75, 3.05) is 5.32 Å². The van der Waals surface area contributed by atoms with Crippen LogP contribution in [0.25, 0.3) is 0 Å². The number of nitrogens with two attached hydrogens (primary N) is 1. The number of anilines is 1. The Hall–Kier alpha value is -4.86. The van der Waals surface area contributed by atoms with E-state index in [1.54, 1.807) is 24.3 Å². The molecule has 32 heavy (non-hydrogen) atoms. The van der Waals surface area contributed by atoms with Crippen molar-refractivity contribution in [3.8, 4) is 0 Å². The minimum Gasteiger partial charge on any atom is -0.478 e. The van der Waals surface area contributed by atoms with Gasteiger partial charge in [0.05, 0.1) is 33.6 Å². The summed E-state index contributed by atoms with van der Waals surface area (Å²) < 4.78 is 0. The van der Waals surface area contributed by atoms with Crippen LogP contribution in [0, 0.1) is 0 Å². The van der Waals surface area contributed by atoms with Crippen LogP contribution in [0.4, 0.5) is 17.1 Å². The maximum absolute atomic E-state index is 12.7. The van der Waals surface area contributed by atoms with Gasteiger partial charge in [0, 0.05) is 5.69 Å². The van der Waals surface area contributed by atoms with Gasteiger partial charge in [0.15, 0.2) is 0 Å². The number of rotatable bonds is 7. The molecule has 2 amide bonds. The van der Waals surface area contributed by atoms with Crippen LogP contribution in [0.1, 0.15) is 41.4 Å². The van der Waals surface area contributed by atoms with Crippen LogP contribution in [0.15, 0.2) is 77.0 Å². The van der Waals surface area contributed by atoms with E-state index in [1.165, 1.54) is 12.1 Å². The van der Waals surface area contributed by atoms with E-state index >= 15 is 0 Å². The number of hydrogen-bond acceptors (Lipinski definition) is 6. The van der Waals surface area contributed by atoms with Gasteiger partial charge in [0.2, 0.25) is 5.91 Å². The lowest BCUT2D eigenvalue weighted by atomic mass is 9.97. The van der Waals surface area contributed by atoms with E-state index in [-0.39, 0.29) is 0 Å². The zero-order chi connectivity index (χ0) is 23.3. The lowest BCUT2D eigenvalue weighted by molar-refractivity contribution is 0.0677. The number of azo groups is 1. The molecule has 0 bridgehead atoms. The average molecular weight is 432 g/mol. The summed E-state index contributed by atoms with van der Waals surface area (Å²) in [4.78, 5) is 47.2. The van der Waals surface area contributed by atoms with E-state index < -0.39 is 46.0 Å². The molecule has 0 aliphatic heterocycles. The van der Waals surface area contributed by atoms with Crippen LogP contribution in [0.3, 0.4) is 0 Å². The molecule has 0 aromatic heterocycles. The first kappa shape index (κ1) is 21.8. The Labute approximate surface area is 181 Å². The number of nitrogens with one attached hydrogen (secondary N) is 1. The van der Waals surface area contributed by atoms with Crippen molar-refractivity contribution >= 4 is 40.8 Å². The lowest BCUT2D eigenvalue weighted by Crippen LogP contribution is -2.22. The Morgan fingerprint density at radius 1 is 0.688 bits per heavy atom. The van der Waals surface area contributed by atoms with Gasteiger partial charge < -0.3 is 21.3 Å². The standard InChI is InChI=1S/C22H16N4O6/c23-19(27)15-10-18(22(31)32)16(11-17(15)21(29)30)20(28)24-12-6-8-14(9-7-12)26-25-13-4-2-1-3-5-13/h1-11H,(H2,23,27)(H,24,28)(H,29,30)(H,31,32). The van der Waals surface area contributed by atoms with Crippen LogP contribution in [0.5, 0.6) is 0 Å². The zero-order valence-electron chi connectivity index (χ0n) is 16.4. The summed E-state index contributed by atoms with van der Waals surface area (Å²) in [5.41, 5.74) is 4.53. The molecular weight excluding hydrogens is 416 g/mol. The Bertz CT molecular complexity index is 1240. The molecule has 10 heteroatoms. The van der Waals surface area contributed by atoms with E-state index in [2.05, 4.69) is 15.5 Å². The molecule has 3 aromatic carbocycles. The third-order valence-corrected chi connectivity index (χ3v) is 4.29. The SMILES string of the molecule is NC(=O)c1cc(C(=O)O)c(C(=O)Nc2ccc(N=Nc3ccccc3)cc2)cc1C(=O)O. The number of primary amides is 1. The molecule has 0 saturated heterocycles. The number of carboxylic acid groups (broad SMARTS) is 2. The van der Waals surface area contributed by atoms with Gasteiger partial charge in [-0.2, -0.15) is 10.2 Å².